The van der Waals surface area contributed by atoms with Gasteiger partial charge in [-0.15, -0.1) is 0 Å². The monoisotopic (exact) mass is 1200 g/mol. The van der Waals surface area contributed by atoms with Crippen LogP contribution in [0.25, 0.3) is 171 Å². The Bertz CT molecular complexity index is 6390. The van der Waals surface area contributed by atoms with Crippen molar-refractivity contribution in [2.24, 2.45) is 0 Å². The second kappa shape index (κ2) is 19.2. The Balaban J connectivity index is 0.904. The van der Waals surface area contributed by atoms with Crippen LogP contribution < -0.4 is 21.1 Å². The lowest BCUT2D eigenvalue weighted by Crippen LogP contribution is -2.58. The van der Waals surface area contributed by atoms with Gasteiger partial charge < -0.3 is 27.3 Å². The molecule has 5 aromatic heterocycles. The van der Waals surface area contributed by atoms with Crippen LogP contribution in [-0.4, -0.2) is 20.4 Å². The van der Waals surface area contributed by atoms with Crippen LogP contribution in [0.15, 0.2) is 294 Å². The van der Waals surface area contributed by atoms with Crippen LogP contribution in [0.3, 0.4) is 0 Å². The molecule has 21 rings (SSSR count). The fourth-order valence-corrected chi connectivity index (χ4v) is 16.5. The maximum absolute atomic E-state index is 7.82. The summed E-state index contributed by atoms with van der Waals surface area (Å²) in [6.45, 7) is 4.28. The Morgan fingerprint density at radius 2 is 0.819 bits per heavy atom. The molecular formula is C87H54BN3O3. The first kappa shape index (κ1) is 51.7. The third-order valence-corrected chi connectivity index (χ3v) is 20.7. The van der Waals surface area contributed by atoms with E-state index in [1.54, 1.807) is 0 Å². The smallest absolute Gasteiger partial charge is 0.256 e. The van der Waals surface area contributed by atoms with Gasteiger partial charge in [-0.1, -0.05) is 208 Å². The molecule has 0 bridgehead atoms. The molecule has 2 aliphatic heterocycles. The number of ether oxygens (including phenoxy) is 1. The molecular weight excluding hydrogens is 1150 g/mol. The lowest BCUT2D eigenvalue weighted by molar-refractivity contribution is 0.488. The summed E-state index contributed by atoms with van der Waals surface area (Å²) in [6, 6.07) is 104. The number of hydrogen-bond acceptors (Lipinski definition) is 3. The van der Waals surface area contributed by atoms with Crippen molar-refractivity contribution in [3.8, 4) is 73.1 Å². The fourth-order valence-electron chi connectivity index (χ4n) is 16.5. The molecule has 6 nitrogen and oxygen atoms in total. The van der Waals surface area contributed by atoms with Gasteiger partial charge in [-0.2, -0.15) is 0 Å². The number of nitrogens with zero attached hydrogens (tertiary/aromatic N) is 3. The van der Waals surface area contributed by atoms with E-state index < -0.39 is 0 Å². The molecule has 438 valence electrons. The Hall–Kier alpha value is -12.1. The molecule has 0 amide bonds. The molecule has 0 aliphatic carbocycles. The Kier molecular flexibility index (Phi) is 10.6. The molecule has 0 atom stereocenters. The lowest BCUT2D eigenvalue weighted by Gasteiger charge is -2.35. The molecule has 7 heteroatoms. The van der Waals surface area contributed by atoms with E-state index in [0.29, 0.717) is 0 Å². The van der Waals surface area contributed by atoms with Crippen LogP contribution in [0.2, 0.25) is 0 Å². The van der Waals surface area contributed by atoms with E-state index in [1.165, 1.54) is 38.1 Å². The highest BCUT2D eigenvalue weighted by Crippen LogP contribution is 2.51. The molecule has 0 fully saturated rings. The quantitative estimate of drug-likeness (QED) is 0.149. The molecule has 0 saturated carbocycles. The Morgan fingerprint density at radius 1 is 0.330 bits per heavy atom. The average molecular weight is 1200 g/mol. The van der Waals surface area contributed by atoms with Crippen LogP contribution in [0.5, 0.6) is 11.5 Å². The van der Waals surface area contributed by atoms with Crippen molar-refractivity contribution >= 4 is 132 Å². The van der Waals surface area contributed by atoms with E-state index in [4.69, 9.17) is 13.6 Å². The molecule has 0 radical (unpaired) electrons. The maximum atomic E-state index is 7.82. The molecule has 0 saturated heterocycles. The van der Waals surface area contributed by atoms with Gasteiger partial charge in [-0.3, -0.25) is 0 Å². The molecule has 14 aromatic carbocycles. The SMILES string of the molecule is CC(C)c1cc2c3c(c1)-n1c4ccc5c6cc(-n7c8ccccc8c8ccccc87)ccc6oc5c4c4c5oc6ccc(-n7c8ccccc8c8ccccc87)cc6c5cc(c41)B3c1cc(-c3ccccc3-c3ccccc3)cc(-c3ccccc3-c3ccccc3)c1O2. The number of fused-ring (bicyclic) bond motifs is 21. The van der Waals surface area contributed by atoms with Gasteiger partial charge in [0.05, 0.1) is 43.9 Å². The van der Waals surface area contributed by atoms with E-state index in [2.05, 4.69) is 313 Å². The summed E-state index contributed by atoms with van der Waals surface area (Å²) in [4.78, 5) is 0. The zero-order chi connectivity index (χ0) is 61.6. The lowest BCUT2D eigenvalue weighted by atomic mass is 9.34. The summed E-state index contributed by atoms with van der Waals surface area (Å²) in [6.07, 6.45) is 0. The van der Waals surface area contributed by atoms with E-state index in [9.17, 15) is 0 Å². The third-order valence-electron chi connectivity index (χ3n) is 20.7. The van der Waals surface area contributed by atoms with Crippen molar-refractivity contribution in [3.63, 3.8) is 0 Å². The highest BCUT2D eigenvalue weighted by Gasteiger charge is 2.44. The van der Waals surface area contributed by atoms with E-state index in [1.807, 2.05) is 0 Å². The summed E-state index contributed by atoms with van der Waals surface area (Å²) in [7, 11) is 0. The van der Waals surface area contributed by atoms with Gasteiger partial charge in [-0.05, 0) is 158 Å². The van der Waals surface area contributed by atoms with E-state index in [-0.39, 0.29) is 12.6 Å². The number of benzene rings is 14. The second-order valence-corrected chi connectivity index (χ2v) is 25.9. The van der Waals surface area contributed by atoms with Gasteiger partial charge in [0.25, 0.3) is 6.71 Å². The first-order chi connectivity index (χ1) is 46.5. The van der Waals surface area contributed by atoms with Crippen LogP contribution in [-0.2, 0) is 0 Å². The van der Waals surface area contributed by atoms with E-state index in [0.717, 1.165) is 166 Å². The summed E-state index contributed by atoms with van der Waals surface area (Å²) < 4.78 is 30.1. The molecule has 7 heterocycles. The Morgan fingerprint density at radius 3 is 1.38 bits per heavy atom. The minimum absolute atomic E-state index is 0.186. The topological polar surface area (TPSA) is 50.3 Å². The Labute approximate surface area is 540 Å². The van der Waals surface area contributed by atoms with E-state index >= 15 is 0 Å². The number of para-hydroxylation sites is 4. The highest BCUT2D eigenvalue weighted by molar-refractivity contribution is 6.99. The molecule has 0 N–H and O–H groups in total. The van der Waals surface area contributed by atoms with Crippen molar-refractivity contribution in [3.05, 3.63) is 291 Å². The van der Waals surface area contributed by atoms with Crippen LogP contribution in [0.4, 0.5) is 0 Å². The van der Waals surface area contributed by atoms with Crippen molar-refractivity contribution < 1.29 is 13.6 Å². The van der Waals surface area contributed by atoms with Gasteiger partial charge in [0.2, 0.25) is 0 Å². The fraction of sp³-hybridized carbons (Fsp3) is 0.0345. The van der Waals surface area contributed by atoms with Crippen molar-refractivity contribution in [1.82, 2.24) is 13.7 Å². The maximum Gasteiger partial charge on any atom is 0.256 e. The standard InChI is InChI=1S/C87H54BN3O3/c1-50(2)53-45-77-83-80(46-53)94-85-68(60-28-12-11-26-58(60)52-23-7-4-8-24-52)43-54(59-27-10-9-25-57(59)51-21-5-3-6-22-51)44-71(85)88(83)70-49-69-67-48-56(90-74-35-19-15-31-63(74)64-32-16-20-36-75(64)90)38-42-79(67)93-87(69)82-81-76(91(77)84(70)82)40-39-65-66-47-55(37-41-78(66)92-86(65)81)89-72-33-17-13-29-61(72)62-30-14-18-34-73(62)89/h3-50H,1-2H3. The molecule has 2 aliphatic rings. The van der Waals surface area contributed by atoms with Gasteiger partial charge in [0, 0.05) is 65.7 Å². The van der Waals surface area contributed by atoms with Crippen LogP contribution >= 0.6 is 0 Å². The van der Waals surface area contributed by atoms with Crippen LogP contribution in [0, 0.1) is 0 Å². The number of hydrogen-bond donors (Lipinski definition) is 0. The van der Waals surface area contributed by atoms with Crippen molar-refractivity contribution in [1.29, 1.82) is 0 Å². The van der Waals surface area contributed by atoms with Crippen molar-refractivity contribution in [2.45, 2.75) is 19.8 Å². The average Bonchev–Trinajstić information content (AvgIpc) is 1.44. The van der Waals surface area contributed by atoms with Crippen molar-refractivity contribution in [2.75, 3.05) is 0 Å². The first-order valence-corrected chi connectivity index (χ1v) is 32.6. The van der Waals surface area contributed by atoms with Gasteiger partial charge in [-0.25, -0.2) is 0 Å². The number of aromatic nitrogens is 3. The zero-order valence-corrected chi connectivity index (χ0v) is 51.4. The molecule has 0 unspecified atom stereocenters. The summed E-state index contributed by atoms with van der Waals surface area (Å²) in [5, 5.41) is 11.1. The molecule has 94 heavy (non-hydrogen) atoms. The second-order valence-electron chi connectivity index (χ2n) is 25.9. The summed E-state index contributed by atoms with van der Waals surface area (Å²) in [5.74, 6) is 1.91. The highest BCUT2D eigenvalue weighted by atomic mass is 16.5. The minimum atomic E-state index is -0.296. The first-order valence-electron chi connectivity index (χ1n) is 32.6. The molecule has 19 aromatic rings. The summed E-state index contributed by atoms with van der Waals surface area (Å²) in [5.41, 5.74) is 26.9. The van der Waals surface area contributed by atoms with Gasteiger partial charge in [0.1, 0.15) is 33.8 Å². The third kappa shape index (κ3) is 7.10. The minimum Gasteiger partial charge on any atom is -0.458 e. The largest absolute Gasteiger partial charge is 0.458 e. The number of furan rings is 2. The van der Waals surface area contributed by atoms with Crippen LogP contribution in [0.1, 0.15) is 25.3 Å². The van der Waals surface area contributed by atoms with Gasteiger partial charge in [0.15, 0.2) is 0 Å². The predicted octanol–water partition coefficient (Wildman–Crippen LogP) is 21.5. The normalized spacial score (nSPS) is 12.7. The zero-order valence-electron chi connectivity index (χ0n) is 51.4. The predicted molar refractivity (Wildman–Crippen MR) is 391 cm³/mol. The molecule has 0 spiro atoms. The summed E-state index contributed by atoms with van der Waals surface area (Å²) >= 11 is 0. The van der Waals surface area contributed by atoms with Gasteiger partial charge >= 0.3 is 0 Å². The number of rotatable bonds is 7.